The van der Waals surface area contributed by atoms with Crippen molar-refractivity contribution >= 4 is 11.9 Å². The number of carbonyl (C=O) groups excluding carboxylic acids is 2. The fourth-order valence-corrected chi connectivity index (χ4v) is 2.78. The highest BCUT2D eigenvalue weighted by Gasteiger charge is 2.25. The minimum absolute atomic E-state index is 0.0483. The standard InChI is InChI=1S/C17H17N3O3/c1-23-17(22)15-10-19-9-13-11-20(6-4-14(13)15)16(21)7-12-3-2-5-18-8-12/h2-3,5,8-10H,4,6-7,11H2,1H3. The van der Waals surface area contributed by atoms with Gasteiger partial charge in [-0.2, -0.15) is 0 Å². The first-order valence-electron chi connectivity index (χ1n) is 7.40. The normalized spacial score (nSPS) is 13.3. The maximum Gasteiger partial charge on any atom is 0.339 e. The van der Waals surface area contributed by atoms with Gasteiger partial charge in [0, 0.05) is 37.9 Å². The van der Waals surface area contributed by atoms with Gasteiger partial charge < -0.3 is 9.64 Å². The molecule has 0 N–H and O–H groups in total. The topological polar surface area (TPSA) is 72.4 Å². The van der Waals surface area contributed by atoms with E-state index in [0.29, 0.717) is 31.5 Å². The molecule has 1 aliphatic rings. The Morgan fingerprint density at radius 1 is 1.26 bits per heavy atom. The number of amides is 1. The first-order chi connectivity index (χ1) is 11.2. The zero-order chi connectivity index (χ0) is 16.2. The number of methoxy groups -OCH3 is 1. The molecule has 0 aliphatic carbocycles. The second kappa shape index (κ2) is 6.56. The minimum atomic E-state index is -0.385. The summed E-state index contributed by atoms with van der Waals surface area (Å²) in [4.78, 5) is 34.1. The molecule has 0 atom stereocenters. The SMILES string of the molecule is COC(=O)c1cncc2c1CCN(C(=O)Cc1cccnc1)C2. The van der Waals surface area contributed by atoms with Gasteiger partial charge in [-0.05, 0) is 29.2 Å². The van der Waals surface area contributed by atoms with Crippen molar-refractivity contribution in [2.45, 2.75) is 19.4 Å². The summed E-state index contributed by atoms with van der Waals surface area (Å²) in [6.07, 6.45) is 7.58. The van der Waals surface area contributed by atoms with E-state index in [1.165, 1.54) is 13.3 Å². The average molecular weight is 311 g/mol. The summed E-state index contributed by atoms with van der Waals surface area (Å²) in [6, 6.07) is 3.71. The maximum atomic E-state index is 12.4. The number of aromatic nitrogens is 2. The Kier molecular flexibility index (Phi) is 4.32. The molecule has 0 saturated carbocycles. The largest absolute Gasteiger partial charge is 0.465 e. The van der Waals surface area contributed by atoms with Gasteiger partial charge in [0.15, 0.2) is 0 Å². The molecule has 2 aromatic rings. The second-order valence-corrected chi connectivity index (χ2v) is 5.42. The molecule has 23 heavy (non-hydrogen) atoms. The third-order valence-electron chi connectivity index (χ3n) is 3.98. The van der Waals surface area contributed by atoms with Gasteiger partial charge in [-0.3, -0.25) is 14.8 Å². The molecule has 0 radical (unpaired) electrons. The van der Waals surface area contributed by atoms with Crippen LogP contribution in [0.25, 0.3) is 0 Å². The number of pyridine rings is 2. The zero-order valence-corrected chi connectivity index (χ0v) is 12.9. The van der Waals surface area contributed by atoms with Crippen LogP contribution in [-0.4, -0.2) is 40.4 Å². The summed E-state index contributed by atoms with van der Waals surface area (Å²) in [5.74, 6) is -0.336. The molecule has 0 aromatic carbocycles. The van der Waals surface area contributed by atoms with Crippen LogP contribution in [0.2, 0.25) is 0 Å². The Hall–Kier alpha value is -2.76. The Morgan fingerprint density at radius 2 is 2.13 bits per heavy atom. The van der Waals surface area contributed by atoms with Crippen LogP contribution >= 0.6 is 0 Å². The predicted octanol–water partition coefficient (Wildman–Crippen LogP) is 1.39. The molecule has 0 fully saturated rings. The highest BCUT2D eigenvalue weighted by Crippen LogP contribution is 2.22. The molecule has 0 spiro atoms. The van der Waals surface area contributed by atoms with E-state index in [4.69, 9.17) is 4.74 Å². The van der Waals surface area contributed by atoms with Gasteiger partial charge in [-0.1, -0.05) is 6.07 Å². The lowest BCUT2D eigenvalue weighted by atomic mass is 9.96. The van der Waals surface area contributed by atoms with Crippen LogP contribution in [0.1, 0.15) is 27.0 Å². The number of rotatable bonds is 3. The van der Waals surface area contributed by atoms with E-state index in [-0.39, 0.29) is 11.9 Å². The van der Waals surface area contributed by atoms with Crippen molar-refractivity contribution in [2.75, 3.05) is 13.7 Å². The van der Waals surface area contributed by atoms with E-state index in [1.807, 2.05) is 12.1 Å². The number of carbonyl (C=O) groups is 2. The Bertz CT molecular complexity index is 731. The van der Waals surface area contributed by atoms with Crippen LogP contribution in [0.5, 0.6) is 0 Å². The molecular formula is C17H17N3O3. The summed E-state index contributed by atoms with van der Waals surface area (Å²) >= 11 is 0. The van der Waals surface area contributed by atoms with Gasteiger partial charge in [-0.25, -0.2) is 4.79 Å². The number of nitrogens with zero attached hydrogens (tertiary/aromatic N) is 3. The highest BCUT2D eigenvalue weighted by atomic mass is 16.5. The molecule has 6 heteroatoms. The quantitative estimate of drug-likeness (QED) is 0.801. The van der Waals surface area contributed by atoms with Crippen LogP contribution in [0.4, 0.5) is 0 Å². The summed E-state index contributed by atoms with van der Waals surface area (Å²) in [6.45, 7) is 1.05. The zero-order valence-electron chi connectivity index (χ0n) is 12.9. The van der Waals surface area contributed by atoms with Gasteiger partial charge in [0.1, 0.15) is 0 Å². The van der Waals surface area contributed by atoms with Crippen molar-refractivity contribution in [2.24, 2.45) is 0 Å². The van der Waals surface area contributed by atoms with Crippen molar-refractivity contribution in [3.63, 3.8) is 0 Å². The molecule has 6 nitrogen and oxygen atoms in total. The molecule has 3 rings (SSSR count). The van der Waals surface area contributed by atoms with Gasteiger partial charge >= 0.3 is 5.97 Å². The lowest BCUT2D eigenvalue weighted by molar-refractivity contribution is -0.131. The lowest BCUT2D eigenvalue weighted by Gasteiger charge is -2.29. The summed E-state index contributed by atoms with van der Waals surface area (Å²) in [5, 5.41) is 0. The van der Waals surface area contributed by atoms with Gasteiger partial charge in [0.25, 0.3) is 0 Å². The number of esters is 1. The van der Waals surface area contributed by atoms with Crippen LogP contribution in [-0.2, 0) is 28.9 Å². The average Bonchev–Trinajstić information content (AvgIpc) is 2.60. The number of fused-ring (bicyclic) bond motifs is 1. The summed E-state index contributed by atoms with van der Waals surface area (Å²) in [5.41, 5.74) is 3.21. The maximum absolute atomic E-state index is 12.4. The van der Waals surface area contributed by atoms with Gasteiger partial charge in [-0.15, -0.1) is 0 Å². The highest BCUT2D eigenvalue weighted by molar-refractivity contribution is 5.91. The molecular weight excluding hydrogens is 294 g/mol. The lowest BCUT2D eigenvalue weighted by Crippen LogP contribution is -2.37. The molecule has 0 saturated heterocycles. The van der Waals surface area contributed by atoms with Crippen molar-refractivity contribution < 1.29 is 14.3 Å². The monoisotopic (exact) mass is 311 g/mol. The number of hydrogen-bond acceptors (Lipinski definition) is 5. The van der Waals surface area contributed by atoms with E-state index in [2.05, 4.69) is 9.97 Å². The van der Waals surface area contributed by atoms with Gasteiger partial charge in [0.2, 0.25) is 5.91 Å². The van der Waals surface area contributed by atoms with Crippen molar-refractivity contribution in [1.29, 1.82) is 0 Å². The molecule has 2 aromatic heterocycles. The van der Waals surface area contributed by atoms with Crippen LogP contribution in [0, 0.1) is 0 Å². The molecule has 0 unspecified atom stereocenters. The number of hydrogen-bond donors (Lipinski definition) is 0. The Balaban J connectivity index is 1.75. The van der Waals surface area contributed by atoms with E-state index in [1.54, 1.807) is 23.5 Å². The fourth-order valence-electron chi connectivity index (χ4n) is 2.78. The van der Waals surface area contributed by atoms with Gasteiger partial charge in [0.05, 0.1) is 19.1 Å². The smallest absolute Gasteiger partial charge is 0.339 e. The van der Waals surface area contributed by atoms with Crippen LogP contribution in [0.15, 0.2) is 36.9 Å². The van der Waals surface area contributed by atoms with Crippen molar-refractivity contribution in [3.05, 3.63) is 59.2 Å². The molecule has 3 heterocycles. The van der Waals surface area contributed by atoms with Crippen molar-refractivity contribution in [3.8, 4) is 0 Å². The second-order valence-electron chi connectivity index (χ2n) is 5.42. The Labute approximate surface area is 134 Å². The molecule has 1 aliphatic heterocycles. The third kappa shape index (κ3) is 3.21. The molecule has 1 amide bonds. The first-order valence-corrected chi connectivity index (χ1v) is 7.40. The first kappa shape index (κ1) is 15.1. The number of ether oxygens (including phenoxy) is 1. The summed E-state index contributed by atoms with van der Waals surface area (Å²) < 4.78 is 4.79. The van der Waals surface area contributed by atoms with E-state index >= 15 is 0 Å². The molecule has 0 bridgehead atoms. The van der Waals surface area contributed by atoms with E-state index in [0.717, 1.165) is 16.7 Å². The van der Waals surface area contributed by atoms with E-state index < -0.39 is 0 Å². The Morgan fingerprint density at radius 3 is 2.87 bits per heavy atom. The fraction of sp³-hybridized carbons (Fsp3) is 0.294. The van der Waals surface area contributed by atoms with E-state index in [9.17, 15) is 9.59 Å². The predicted molar refractivity (Wildman–Crippen MR) is 82.6 cm³/mol. The third-order valence-corrected chi connectivity index (χ3v) is 3.98. The minimum Gasteiger partial charge on any atom is -0.465 e. The van der Waals surface area contributed by atoms with Crippen molar-refractivity contribution in [1.82, 2.24) is 14.9 Å². The molecule has 118 valence electrons. The summed E-state index contributed by atoms with van der Waals surface area (Å²) in [7, 11) is 1.36. The van der Waals surface area contributed by atoms with Crippen LogP contribution < -0.4 is 0 Å². The van der Waals surface area contributed by atoms with Crippen LogP contribution in [0.3, 0.4) is 0 Å².